The number of guanidine groups is 1. The van der Waals surface area contributed by atoms with Gasteiger partial charge in [0.15, 0.2) is 11.5 Å². The summed E-state index contributed by atoms with van der Waals surface area (Å²) in [6, 6.07) is 17.5. The molecular weight excluding hydrogens is 278 g/mol. The van der Waals surface area contributed by atoms with Gasteiger partial charge in [0.1, 0.15) is 5.75 Å². The van der Waals surface area contributed by atoms with Crippen LogP contribution < -0.4 is 10.5 Å². The Labute approximate surface area is 129 Å². The van der Waals surface area contributed by atoms with Gasteiger partial charge in [-0.1, -0.05) is 30.3 Å². The molecule has 0 bridgehead atoms. The maximum atomic E-state index is 12.9. The van der Waals surface area contributed by atoms with Gasteiger partial charge in [-0.25, -0.2) is 4.99 Å². The van der Waals surface area contributed by atoms with E-state index in [4.69, 9.17) is 10.5 Å². The molecule has 1 radical (unpaired) electrons. The van der Waals surface area contributed by atoms with Crippen molar-refractivity contribution in [2.75, 3.05) is 14.2 Å². The van der Waals surface area contributed by atoms with Gasteiger partial charge >= 0.3 is 0 Å². The van der Waals surface area contributed by atoms with Gasteiger partial charge in [0, 0.05) is 7.05 Å². The van der Waals surface area contributed by atoms with Crippen LogP contribution in [-0.4, -0.2) is 30.9 Å². The minimum Gasteiger partial charge on any atom is -0.497 e. The number of carbonyl (C=O) groups excluding carboxylic acids is 1. The van der Waals surface area contributed by atoms with Crippen LogP contribution in [0.5, 0.6) is 5.75 Å². The highest BCUT2D eigenvalue weighted by Gasteiger charge is 2.49. The molecule has 5 nitrogen and oxygen atoms in total. The van der Waals surface area contributed by atoms with E-state index in [1.54, 1.807) is 38.4 Å². The average molecular weight is 294 g/mol. The van der Waals surface area contributed by atoms with Crippen molar-refractivity contribution >= 4 is 11.9 Å². The first-order valence-electron chi connectivity index (χ1n) is 6.84. The highest BCUT2D eigenvalue weighted by Crippen LogP contribution is 2.39. The Balaban J connectivity index is 2.22. The highest BCUT2D eigenvalue weighted by atomic mass is 16.5. The number of nitrogens with two attached hydrogens (primary N) is 1. The van der Waals surface area contributed by atoms with Crippen LogP contribution in [0, 0.1) is 6.07 Å². The molecule has 0 saturated carbocycles. The van der Waals surface area contributed by atoms with E-state index in [0.29, 0.717) is 5.75 Å². The van der Waals surface area contributed by atoms with E-state index < -0.39 is 5.54 Å². The van der Waals surface area contributed by atoms with Crippen LogP contribution in [0.2, 0.25) is 0 Å². The van der Waals surface area contributed by atoms with Crippen LogP contribution >= 0.6 is 0 Å². The Morgan fingerprint density at radius 2 is 1.95 bits per heavy atom. The number of benzene rings is 2. The van der Waals surface area contributed by atoms with Crippen LogP contribution in [0.15, 0.2) is 53.5 Å². The standard InChI is InChI=1S/C17H16N3O2/c1-20-15(21)17(19-16(20)18,12-6-4-3-5-7-12)13-8-10-14(22-2)11-9-13/h3-4,6-11H,1-2H3,(H2,18,19). The topological polar surface area (TPSA) is 67.9 Å². The summed E-state index contributed by atoms with van der Waals surface area (Å²) in [7, 11) is 3.22. The molecule has 1 unspecified atom stereocenters. The van der Waals surface area contributed by atoms with Crippen LogP contribution in [0.1, 0.15) is 11.1 Å². The molecule has 2 aromatic carbocycles. The Bertz CT molecular complexity index is 725. The zero-order valence-electron chi connectivity index (χ0n) is 12.4. The van der Waals surface area contributed by atoms with E-state index in [1.165, 1.54) is 4.90 Å². The molecular formula is C17H16N3O2. The number of rotatable bonds is 3. The SMILES string of the molecule is COc1ccc(C2(c3c[c]ccc3)N=C(N)N(C)C2=O)cc1. The maximum Gasteiger partial charge on any atom is 0.266 e. The first-order chi connectivity index (χ1) is 10.6. The van der Waals surface area contributed by atoms with Crippen LogP contribution in [0.25, 0.3) is 0 Å². The number of methoxy groups -OCH3 is 1. The molecule has 111 valence electrons. The van der Waals surface area contributed by atoms with Crippen LogP contribution in [-0.2, 0) is 10.3 Å². The molecule has 0 aliphatic carbocycles. The van der Waals surface area contributed by atoms with Crippen molar-refractivity contribution in [2.24, 2.45) is 10.7 Å². The van der Waals surface area contributed by atoms with E-state index in [2.05, 4.69) is 11.1 Å². The minimum absolute atomic E-state index is 0.185. The van der Waals surface area contributed by atoms with Crippen molar-refractivity contribution < 1.29 is 9.53 Å². The fraction of sp³-hybridized carbons (Fsp3) is 0.176. The first-order valence-corrected chi connectivity index (χ1v) is 6.84. The number of aliphatic imine (C=N–C) groups is 1. The summed E-state index contributed by atoms with van der Waals surface area (Å²) in [5, 5.41) is 0. The second-order valence-corrected chi connectivity index (χ2v) is 5.07. The van der Waals surface area contributed by atoms with Crippen molar-refractivity contribution in [3.05, 3.63) is 65.7 Å². The van der Waals surface area contributed by atoms with Crippen molar-refractivity contribution in [2.45, 2.75) is 5.54 Å². The molecule has 0 spiro atoms. The van der Waals surface area contributed by atoms with Crippen LogP contribution in [0.4, 0.5) is 0 Å². The van der Waals surface area contributed by atoms with Gasteiger partial charge in [0.05, 0.1) is 7.11 Å². The number of nitrogens with zero attached hydrogens (tertiary/aromatic N) is 2. The molecule has 1 atom stereocenters. The molecule has 1 aliphatic heterocycles. The number of carbonyl (C=O) groups is 1. The van der Waals surface area contributed by atoms with Gasteiger partial charge in [-0.3, -0.25) is 9.69 Å². The third-order valence-corrected chi connectivity index (χ3v) is 3.87. The average Bonchev–Trinajstić information content (AvgIpc) is 2.81. The van der Waals surface area contributed by atoms with Crippen molar-refractivity contribution in [1.29, 1.82) is 0 Å². The second kappa shape index (κ2) is 5.18. The fourth-order valence-corrected chi connectivity index (χ4v) is 2.63. The second-order valence-electron chi connectivity index (χ2n) is 5.07. The predicted octanol–water partition coefficient (Wildman–Crippen LogP) is 1.53. The number of hydrogen-bond acceptors (Lipinski definition) is 4. The monoisotopic (exact) mass is 294 g/mol. The van der Waals surface area contributed by atoms with Gasteiger partial charge in [-0.2, -0.15) is 0 Å². The molecule has 1 amide bonds. The van der Waals surface area contributed by atoms with E-state index in [9.17, 15) is 4.79 Å². The van der Waals surface area contributed by atoms with E-state index in [0.717, 1.165) is 11.1 Å². The zero-order valence-corrected chi connectivity index (χ0v) is 12.4. The first kappa shape index (κ1) is 14.1. The number of amides is 1. The number of hydrogen-bond donors (Lipinski definition) is 1. The van der Waals surface area contributed by atoms with Crippen molar-refractivity contribution in [3.63, 3.8) is 0 Å². The Morgan fingerprint density at radius 1 is 1.23 bits per heavy atom. The molecule has 2 aromatic rings. The summed E-state index contributed by atoms with van der Waals surface area (Å²) < 4.78 is 5.18. The third-order valence-electron chi connectivity index (χ3n) is 3.87. The van der Waals surface area contributed by atoms with E-state index in [-0.39, 0.29) is 11.9 Å². The zero-order chi connectivity index (χ0) is 15.7. The summed E-state index contributed by atoms with van der Waals surface area (Å²) in [5.74, 6) is 0.730. The van der Waals surface area contributed by atoms with Gasteiger partial charge in [-0.15, -0.1) is 0 Å². The number of ether oxygens (including phenoxy) is 1. The summed E-state index contributed by atoms with van der Waals surface area (Å²) in [4.78, 5) is 18.7. The molecule has 0 fully saturated rings. The quantitative estimate of drug-likeness (QED) is 0.933. The van der Waals surface area contributed by atoms with E-state index in [1.807, 2.05) is 24.3 Å². The minimum atomic E-state index is -1.16. The summed E-state index contributed by atoms with van der Waals surface area (Å²) >= 11 is 0. The Kier molecular flexibility index (Phi) is 3.33. The lowest BCUT2D eigenvalue weighted by Crippen LogP contribution is -2.41. The van der Waals surface area contributed by atoms with Gasteiger partial charge < -0.3 is 10.5 Å². The fourth-order valence-electron chi connectivity index (χ4n) is 2.63. The molecule has 3 rings (SSSR count). The van der Waals surface area contributed by atoms with Gasteiger partial charge in [0.25, 0.3) is 5.91 Å². The lowest BCUT2D eigenvalue weighted by molar-refractivity contribution is -0.129. The largest absolute Gasteiger partial charge is 0.497 e. The Hall–Kier alpha value is -2.82. The third kappa shape index (κ3) is 1.94. The molecule has 5 heteroatoms. The normalized spacial score (nSPS) is 20.9. The molecule has 0 aromatic heterocycles. The molecule has 1 heterocycles. The number of likely N-dealkylation sites (N-methyl/N-ethyl adjacent to an activating group) is 1. The van der Waals surface area contributed by atoms with Crippen molar-refractivity contribution in [1.82, 2.24) is 4.90 Å². The van der Waals surface area contributed by atoms with E-state index >= 15 is 0 Å². The predicted molar refractivity (Wildman–Crippen MR) is 83.4 cm³/mol. The molecule has 2 N–H and O–H groups in total. The van der Waals surface area contributed by atoms with Gasteiger partial charge in [-0.05, 0) is 35.4 Å². The Morgan fingerprint density at radius 3 is 2.45 bits per heavy atom. The van der Waals surface area contributed by atoms with Gasteiger partial charge in [0.2, 0.25) is 0 Å². The molecule has 22 heavy (non-hydrogen) atoms. The lowest BCUT2D eigenvalue weighted by atomic mass is 9.83. The molecule has 0 saturated heterocycles. The summed E-state index contributed by atoms with van der Waals surface area (Å²) in [6.45, 7) is 0. The van der Waals surface area contributed by atoms with Crippen molar-refractivity contribution in [3.8, 4) is 5.75 Å². The smallest absolute Gasteiger partial charge is 0.266 e. The lowest BCUT2D eigenvalue weighted by Gasteiger charge is -2.26. The molecule has 1 aliphatic rings. The summed E-state index contributed by atoms with van der Waals surface area (Å²) in [6.07, 6.45) is 0. The van der Waals surface area contributed by atoms with Crippen LogP contribution in [0.3, 0.4) is 0 Å². The summed E-state index contributed by atoms with van der Waals surface area (Å²) in [5.41, 5.74) is 6.21. The maximum absolute atomic E-state index is 12.9. The highest BCUT2D eigenvalue weighted by molar-refractivity contribution is 6.08.